The fraction of sp³-hybridized carbons (Fsp3) is 0.625. The van der Waals surface area contributed by atoms with Gasteiger partial charge in [0.15, 0.2) is 5.78 Å². The van der Waals surface area contributed by atoms with Crippen LogP contribution >= 0.6 is 0 Å². The second-order valence-corrected chi connectivity index (χ2v) is 3.10. The molecule has 3 heteroatoms. The van der Waals surface area contributed by atoms with Crippen LogP contribution in [0, 0.1) is 10.8 Å². The molecule has 0 aromatic carbocycles. The zero-order valence-electron chi connectivity index (χ0n) is 6.76. The molecule has 11 heavy (non-hydrogen) atoms. The predicted molar refractivity (Wildman–Crippen MR) is 41.9 cm³/mol. The van der Waals surface area contributed by atoms with Gasteiger partial charge >= 0.3 is 0 Å². The maximum absolute atomic E-state index is 11.1. The van der Waals surface area contributed by atoms with Gasteiger partial charge in [-0.2, -0.15) is 0 Å². The summed E-state index contributed by atoms with van der Waals surface area (Å²) in [5.41, 5.74) is 0.992. The number of ketones is 1. The van der Waals surface area contributed by atoms with Crippen LogP contribution in [0.3, 0.4) is 0 Å². The van der Waals surface area contributed by atoms with Crippen molar-refractivity contribution in [3.63, 3.8) is 0 Å². The van der Waals surface area contributed by atoms with Crippen LogP contribution in [-0.2, 0) is 4.79 Å². The van der Waals surface area contributed by atoms with Crippen LogP contribution in [0.5, 0.6) is 0 Å². The Morgan fingerprint density at radius 2 is 2.09 bits per heavy atom. The molecule has 1 unspecified atom stereocenters. The van der Waals surface area contributed by atoms with Gasteiger partial charge in [-0.25, -0.2) is 0 Å². The maximum Gasteiger partial charge on any atom is 0.160 e. The average molecular weight is 153 g/mol. The van der Waals surface area contributed by atoms with Crippen molar-refractivity contribution in [1.82, 2.24) is 0 Å². The maximum atomic E-state index is 11.1. The Labute approximate surface area is 65.5 Å². The quantitative estimate of drug-likeness (QED) is 0.541. The third-order valence-corrected chi connectivity index (χ3v) is 2.04. The van der Waals surface area contributed by atoms with Crippen LogP contribution in [0.4, 0.5) is 0 Å². The number of rotatable bonds is 1. The van der Waals surface area contributed by atoms with Crippen molar-refractivity contribution < 1.29 is 4.79 Å². The van der Waals surface area contributed by atoms with Crippen molar-refractivity contribution in [3.8, 4) is 0 Å². The van der Waals surface area contributed by atoms with Gasteiger partial charge in [-0.3, -0.25) is 4.79 Å². The van der Waals surface area contributed by atoms with Gasteiger partial charge in [0.05, 0.1) is 5.70 Å². The van der Waals surface area contributed by atoms with E-state index in [2.05, 4.69) is 5.18 Å². The molecule has 0 radical (unpaired) electrons. The number of carbonyl (C=O) groups is 1. The lowest BCUT2D eigenvalue weighted by Crippen LogP contribution is -2.14. The molecule has 0 spiro atoms. The van der Waals surface area contributed by atoms with E-state index in [1.54, 1.807) is 6.92 Å². The Balaban J connectivity index is 2.94. The van der Waals surface area contributed by atoms with E-state index < -0.39 is 0 Å². The monoisotopic (exact) mass is 153 g/mol. The number of allylic oxidation sites excluding steroid dienone is 2. The molecule has 0 aromatic rings. The summed E-state index contributed by atoms with van der Waals surface area (Å²) in [6, 6.07) is 0. The Kier molecular flexibility index (Phi) is 2.17. The molecule has 60 valence electrons. The summed E-state index contributed by atoms with van der Waals surface area (Å²) >= 11 is 0. The normalized spacial score (nSPS) is 25.6. The van der Waals surface area contributed by atoms with Gasteiger partial charge in [0.2, 0.25) is 0 Å². The highest BCUT2D eigenvalue weighted by molar-refractivity contribution is 5.96. The van der Waals surface area contributed by atoms with E-state index in [9.17, 15) is 9.70 Å². The number of carbonyl (C=O) groups excluding carboxylic acids is 1. The third-order valence-electron chi connectivity index (χ3n) is 2.04. The van der Waals surface area contributed by atoms with Crippen LogP contribution in [0.2, 0.25) is 0 Å². The van der Waals surface area contributed by atoms with Gasteiger partial charge in [-0.1, -0.05) is 6.92 Å². The minimum atomic E-state index is 0.0679. The van der Waals surface area contributed by atoms with E-state index in [1.165, 1.54) is 0 Å². The molecule has 1 aliphatic rings. The summed E-state index contributed by atoms with van der Waals surface area (Å²) in [5.74, 6) is 0.345. The summed E-state index contributed by atoms with van der Waals surface area (Å²) in [6.07, 6.45) is 1.21. The van der Waals surface area contributed by atoms with Crippen molar-refractivity contribution in [1.29, 1.82) is 0 Å². The third kappa shape index (κ3) is 1.53. The Hall–Kier alpha value is -0.990. The first-order valence-corrected chi connectivity index (χ1v) is 3.71. The molecule has 1 rings (SSSR count). The van der Waals surface area contributed by atoms with Crippen LogP contribution < -0.4 is 0 Å². The van der Waals surface area contributed by atoms with Crippen LogP contribution in [0.25, 0.3) is 0 Å². The molecule has 0 aromatic heterocycles. The van der Waals surface area contributed by atoms with Crippen molar-refractivity contribution in [2.75, 3.05) is 0 Å². The lowest BCUT2D eigenvalue weighted by atomic mass is 9.88. The van der Waals surface area contributed by atoms with E-state index in [0.29, 0.717) is 24.1 Å². The molecular formula is C8H11NO2. The molecule has 3 nitrogen and oxygen atoms in total. The SMILES string of the molecule is CC1=C(N=O)CC(C)CC1=O. The van der Waals surface area contributed by atoms with E-state index in [4.69, 9.17) is 0 Å². The first-order chi connectivity index (χ1) is 5.15. The van der Waals surface area contributed by atoms with Crippen molar-refractivity contribution in [2.24, 2.45) is 11.1 Å². The summed E-state index contributed by atoms with van der Waals surface area (Å²) in [6.45, 7) is 3.63. The van der Waals surface area contributed by atoms with Crippen molar-refractivity contribution in [2.45, 2.75) is 26.7 Å². The lowest BCUT2D eigenvalue weighted by molar-refractivity contribution is -0.116. The zero-order valence-corrected chi connectivity index (χ0v) is 6.76. The molecule has 1 aliphatic carbocycles. The van der Waals surface area contributed by atoms with Gasteiger partial charge in [0, 0.05) is 12.0 Å². The highest BCUT2D eigenvalue weighted by Crippen LogP contribution is 2.26. The highest BCUT2D eigenvalue weighted by Gasteiger charge is 2.22. The highest BCUT2D eigenvalue weighted by atomic mass is 16.3. The number of nitroso groups, excluding NO2 is 1. The van der Waals surface area contributed by atoms with E-state index in [-0.39, 0.29) is 11.7 Å². The summed E-state index contributed by atoms with van der Waals surface area (Å²) in [7, 11) is 0. The Morgan fingerprint density at radius 3 is 2.64 bits per heavy atom. The van der Waals surface area contributed by atoms with Gasteiger partial charge < -0.3 is 0 Å². The smallest absolute Gasteiger partial charge is 0.160 e. The molecule has 0 N–H and O–H groups in total. The number of Topliss-reactive ketones (excluding diaryl/α,β-unsaturated/α-hetero) is 1. The summed E-state index contributed by atoms with van der Waals surface area (Å²) in [4.78, 5) is 21.3. The molecule has 0 saturated carbocycles. The van der Waals surface area contributed by atoms with Gasteiger partial charge in [-0.05, 0) is 24.4 Å². The molecule has 0 saturated heterocycles. The summed E-state index contributed by atoms with van der Waals surface area (Å²) < 4.78 is 0. The number of hydrogen-bond donors (Lipinski definition) is 0. The first-order valence-electron chi connectivity index (χ1n) is 3.71. The predicted octanol–water partition coefficient (Wildman–Crippen LogP) is 2.03. The fourth-order valence-electron chi connectivity index (χ4n) is 1.29. The van der Waals surface area contributed by atoms with Crippen molar-refractivity contribution >= 4 is 5.78 Å². The standard InChI is InChI=1S/C8H11NO2/c1-5-3-7(9-11)6(2)8(10)4-5/h5H,3-4H2,1-2H3. The van der Waals surface area contributed by atoms with Gasteiger partial charge in [0.1, 0.15) is 0 Å². The zero-order chi connectivity index (χ0) is 8.43. The second-order valence-electron chi connectivity index (χ2n) is 3.10. The first kappa shape index (κ1) is 8.11. The van der Waals surface area contributed by atoms with Crippen LogP contribution in [0.1, 0.15) is 26.7 Å². The second kappa shape index (κ2) is 2.95. The molecule has 0 heterocycles. The summed E-state index contributed by atoms with van der Waals surface area (Å²) in [5, 5.41) is 2.84. The molecular weight excluding hydrogens is 142 g/mol. The van der Waals surface area contributed by atoms with E-state index in [0.717, 1.165) is 0 Å². The molecule has 0 amide bonds. The minimum absolute atomic E-state index is 0.0679. The number of nitrogens with zero attached hydrogens (tertiary/aromatic N) is 1. The molecule has 0 fully saturated rings. The van der Waals surface area contributed by atoms with Gasteiger partial charge in [0.25, 0.3) is 0 Å². The van der Waals surface area contributed by atoms with Gasteiger partial charge in [-0.15, -0.1) is 4.91 Å². The van der Waals surface area contributed by atoms with E-state index in [1.807, 2.05) is 6.92 Å². The lowest BCUT2D eigenvalue weighted by Gasteiger charge is -2.16. The van der Waals surface area contributed by atoms with Crippen LogP contribution in [-0.4, -0.2) is 5.78 Å². The van der Waals surface area contributed by atoms with E-state index >= 15 is 0 Å². The molecule has 1 atom stereocenters. The van der Waals surface area contributed by atoms with Crippen LogP contribution in [0.15, 0.2) is 16.4 Å². The molecule has 0 bridgehead atoms. The Morgan fingerprint density at radius 1 is 1.45 bits per heavy atom. The number of hydrogen-bond acceptors (Lipinski definition) is 3. The molecule has 0 aliphatic heterocycles. The Bertz CT molecular complexity index is 230. The minimum Gasteiger partial charge on any atom is -0.294 e. The average Bonchev–Trinajstić information content (AvgIpc) is 1.96. The largest absolute Gasteiger partial charge is 0.294 e. The fourth-order valence-corrected chi connectivity index (χ4v) is 1.29. The topological polar surface area (TPSA) is 46.5 Å². The van der Waals surface area contributed by atoms with Crippen molar-refractivity contribution in [3.05, 3.63) is 16.2 Å².